The van der Waals surface area contributed by atoms with E-state index in [9.17, 15) is 4.79 Å². The van der Waals surface area contributed by atoms with Crippen molar-refractivity contribution in [3.05, 3.63) is 0 Å². The molecule has 4 heteroatoms. The van der Waals surface area contributed by atoms with Gasteiger partial charge >= 0.3 is 6.09 Å². The molecule has 2 aliphatic rings. The molecule has 0 saturated carbocycles. The Labute approximate surface area is 78.4 Å². The van der Waals surface area contributed by atoms with Gasteiger partial charge in [-0.25, -0.2) is 4.79 Å². The van der Waals surface area contributed by atoms with E-state index in [-0.39, 0.29) is 18.2 Å². The number of nitrogens with zero attached hydrogens (tertiary/aromatic N) is 2. The number of fused-ring (bicyclic) bond motifs is 1. The molecule has 0 aliphatic carbocycles. The lowest BCUT2D eigenvalue weighted by atomic mass is 10.2. The van der Waals surface area contributed by atoms with Crippen LogP contribution < -0.4 is 0 Å². The van der Waals surface area contributed by atoms with Crippen LogP contribution in [-0.4, -0.2) is 54.2 Å². The molecule has 0 radical (unpaired) electrons. The van der Waals surface area contributed by atoms with E-state index in [4.69, 9.17) is 4.74 Å². The smallest absolute Gasteiger partial charge is 0.410 e. The minimum absolute atomic E-state index is 0.0971. The monoisotopic (exact) mass is 184 g/mol. The molecular formula is C9H16N2O2. The molecule has 2 saturated heterocycles. The Balaban J connectivity index is 2.04. The number of likely N-dealkylation sites (N-methyl/N-ethyl adjacent to an activating group) is 1. The van der Waals surface area contributed by atoms with E-state index in [2.05, 4.69) is 18.7 Å². The standard InChI is InChI=1S/C9H16N2O2/c1-6(2)11-4-7-8(5-11)13-9(12)10(7)3/h6-8H,4-5H2,1-3H3/t7-,8+/m1/s1. The van der Waals surface area contributed by atoms with Crippen LogP contribution in [0.2, 0.25) is 0 Å². The summed E-state index contributed by atoms with van der Waals surface area (Å²) in [6.07, 6.45) is -0.0710. The third-order valence-corrected chi connectivity index (χ3v) is 3.03. The number of carbonyl (C=O) groups is 1. The van der Waals surface area contributed by atoms with E-state index in [0.717, 1.165) is 13.1 Å². The highest BCUT2D eigenvalue weighted by Gasteiger charge is 2.46. The van der Waals surface area contributed by atoms with Crippen molar-refractivity contribution in [3.8, 4) is 0 Å². The highest BCUT2D eigenvalue weighted by Crippen LogP contribution is 2.26. The van der Waals surface area contributed by atoms with Gasteiger partial charge < -0.3 is 9.64 Å². The van der Waals surface area contributed by atoms with Gasteiger partial charge in [-0.2, -0.15) is 0 Å². The van der Waals surface area contributed by atoms with Gasteiger partial charge in [-0.15, -0.1) is 0 Å². The Morgan fingerprint density at radius 3 is 2.69 bits per heavy atom. The number of rotatable bonds is 1. The molecule has 0 aromatic rings. The quantitative estimate of drug-likeness (QED) is 0.596. The van der Waals surface area contributed by atoms with Gasteiger partial charge in [-0.3, -0.25) is 4.90 Å². The number of ether oxygens (including phenoxy) is 1. The van der Waals surface area contributed by atoms with Crippen molar-refractivity contribution in [3.63, 3.8) is 0 Å². The Hall–Kier alpha value is -0.770. The van der Waals surface area contributed by atoms with Crippen LogP contribution >= 0.6 is 0 Å². The molecule has 0 unspecified atom stereocenters. The molecule has 0 aromatic heterocycles. The maximum atomic E-state index is 11.1. The maximum absolute atomic E-state index is 11.1. The normalized spacial score (nSPS) is 34.2. The Morgan fingerprint density at radius 1 is 1.46 bits per heavy atom. The van der Waals surface area contributed by atoms with Crippen LogP contribution in [0.15, 0.2) is 0 Å². The fraction of sp³-hybridized carbons (Fsp3) is 0.889. The molecular weight excluding hydrogens is 168 g/mol. The SMILES string of the molecule is CC(C)N1C[C@@H]2OC(=O)N(C)[C@@H]2C1. The predicted octanol–water partition coefficient (Wildman–Crippen LogP) is 0.530. The fourth-order valence-electron chi connectivity index (χ4n) is 2.04. The van der Waals surface area contributed by atoms with Crippen molar-refractivity contribution in [2.75, 3.05) is 20.1 Å². The summed E-state index contributed by atoms with van der Waals surface area (Å²) in [7, 11) is 1.82. The van der Waals surface area contributed by atoms with E-state index < -0.39 is 0 Å². The zero-order chi connectivity index (χ0) is 9.59. The summed E-state index contributed by atoms with van der Waals surface area (Å²) < 4.78 is 5.22. The van der Waals surface area contributed by atoms with Crippen LogP contribution in [-0.2, 0) is 4.74 Å². The van der Waals surface area contributed by atoms with E-state index in [1.165, 1.54) is 0 Å². The highest BCUT2D eigenvalue weighted by molar-refractivity contribution is 5.70. The van der Waals surface area contributed by atoms with Gasteiger partial charge in [0.1, 0.15) is 6.10 Å². The number of hydrogen-bond donors (Lipinski definition) is 0. The fourth-order valence-corrected chi connectivity index (χ4v) is 2.04. The molecule has 0 bridgehead atoms. The number of amides is 1. The van der Waals surface area contributed by atoms with Gasteiger partial charge in [0.15, 0.2) is 0 Å². The molecule has 2 fully saturated rings. The summed E-state index contributed by atoms with van der Waals surface area (Å²) in [5, 5.41) is 0. The minimum Gasteiger partial charge on any atom is -0.442 e. The average molecular weight is 184 g/mol. The summed E-state index contributed by atoms with van der Waals surface area (Å²) in [5.41, 5.74) is 0. The lowest BCUT2D eigenvalue weighted by molar-refractivity contribution is 0.118. The molecule has 2 rings (SSSR count). The van der Waals surface area contributed by atoms with Gasteiger partial charge in [0.2, 0.25) is 0 Å². The van der Waals surface area contributed by atoms with Gasteiger partial charge in [0.05, 0.1) is 6.04 Å². The van der Waals surface area contributed by atoms with E-state index >= 15 is 0 Å². The van der Waals surface area contributed by atoms with Gasteiger partial charge in [-0.05, 0) is 13.8 Å². The van der Waals surface area contributed by atoms with E-state index in [1.54, 1.807) is 4.90 Å². The first kappa shape index (κ1) is 8.81. The third kappa shape index (κ3) is 1.29. The van der Waals surface area contributed by atoms with Crippen molar-refractivity contribution in [1.29, 1.82) is 0 Å². The second-order valence-corrected chi connectivity index (χ2v) is 4.15. The van der Waals surface area contributed by atoms with Crippen LogP contribution in [0.1, 0.15) is 13.8 Å². The molecule has 2 heterocycles. The third-order valence-electron chi connectivity index (χ3n) is 3.03. The average Bonchev–Trinajstić information content (AvgIpc) is 2.55. The van der Waals surface area contributed by atoms with E-state index in [1.807, 2.05) is 7.05 Å². The van der Waals surface area contributed by atoms with E-state index in [0.29, 0.717) is 6.04 Å². The Kier molecular flexibility index (Phi) is 1.95. The first-order valence-electron chi connectivity index (χ1n) is 4.77. The lowest BCUT2D eigenvalue weighted by Crippen LogP contribution is -2.36. The second kappa shape index (κ2) is 2.87. The summed E-state index contributed by atoms with van der Waals surface area (Å²) in [5.74, 6) is 0. The van der Waals surface area contributed by atoms with Crippen LogP contribution in [0.3, 0.4) is 0 Å². The van der Waals surface area contributed by atoms with Crippen LogP contribution in [0.25, 0.3) is 0 Å². The minimum atomic E-state index is -0.168. The van der Waals surface area contributed by atoms with Crippen molar-refractivity contribution < 1.29 is 9.53 Å². The second-order valence-electron chi connectivity index (χ2n) is 4.15. The topological polar surface area (TPSA) is 32.8 Å². The van der Waals surface area contributed by atoms with Gasteiger partial charge in [0, 0.05) is 26.2 Å². The predicted molar refractivity (Wildman–Crippen MR) is 48.5 cm³/mol. The molecule has 1 amide bonds. The molecule has 4 nitrogen and oxygen atoms in total. The first-order chi connectivity index (χ1) is 6.09. The maximum Gasteiger partial charge on any atom is 0.410 e. The molecule has 74 valence electrons. The number of carbonyl (C=O) groups excluding carboxylic acids is 1. The Bertz CT molecular complexity index is 230. The van der Waals surface area contributed by atoms with Gasteiger partial charge in [-0.1, -0.05) is 0 Å². The van der Waals surface area contributed by atoms with Crippen LogP contribution in [0, 0.1) is 0 Å². The molecule has 0 N–H and O–H groups in total. The van der Waals surface area contributed by atoms with Crippen molar-refractivity contribution in [2.45, 2.75) is 32.0 Å². The van der Waals surface area contributed by atoms with Crippen molar-refractivity contribution in [2.24, 2.45) is 0 Å². The van der Waals surface area contributed by atoms with Crippen molar-refractivity contribution >= 4 is 6.09 Å². The molecule has 2 aliphatic heterocycles. The molecule has 0 aromatic carbocycles. The first-order valence-corrected chi connectivity index (χ1v) is 4.77. The summed E-state index contributed by atoms with van der Waals surface area (Å²) in [6, 6.07) is 0.813. The zero-order valence-electron chi connectivity index (χ0n) is 8.36. The van der Waals surface area contributed by atoms with Gasteiger partial charge in [0.25, 0.3) is 0 Å². The van der Waals surface area contributed by atoms with Crippen molar-refractivity contribution in [1.82, 2.24) is 9.80 Å². The molecule has 0 spiro atoms. The summed E-state index contributed by atoms with van der Waals surface area (Å²) >= 11 is 0. The number of likely N-dealkylation sites (tertiary alicyclic amines) is 1. The lowest BCUT2D eigenvalue weighted by Gasteiger charge is -2.22. The zero-order valence-corrected chi connectivity index (χ0v) is 8.36. The largest absolute Gasteiger partial charge is 0.442 e. The summed E-state index contributed by atoms with van der Waals surface area (Å²) in [6.45, 7) is 6.18. The number of hydrogen-bond acceptors (Lipinski definition) is 3. The molecule has 2 atom stereocenters. The van der Waals surface area contributed by atoms with Crippen LogP contribution in [0.4, 0.5) is 4.79 Å². The summed E-state index contributed by atoms with van der Waals surface area (Å²) in [4.78, 5) is 15.2. The Morgan fingerprint density at radius 2 is 2.15 bits per heavy atom. The highest BCUT2D eigenvalue weighted by atomic mass is 16.6. The molecule has 13 heavy (non-hydrogen) atoms. The van der Waals surface area contributed by atoms with Crippen LogP contribution in [0.5, 0.6) is 0 Å².